The molecule has 5 nitrogen and oxygen atoms in total. The Balaban J connectivity index is 2.06. The van der Waals surface area contributed by atoms with E-state index in [1.807, 2.05) is 31.2 Å². The van der Waals surface area contributed by atoms with E-state index in [0.29, 0.717) is 10.8 Å². The summed E-state index contributed by atoms with van der Waals surface area (Å²) in [5.74, 6) is 0.630. The molecule has 0 radical (unpaired) electrons. The quantitative estimate of drug-likeness (QED) is 0.836. The van der Waals surface area contributed by atoms with Crippen LogP contribution in [0, 0.1) is 0 Å². The molecule has 78 valence electrons. The van der Waals surface area contributed by atoms with Crippen LogP contribution < -0.4 is 5.32 Å². The van der Waals surface area contributed by atoms with Crippen molar-refractivity contribution < 1.29 is 0 Å². The molecule has 0 bridgehead atoms. The molecule has 0 fully saturated rings. The maximum atomic E-state index is 5.78. The first kappa shape index (κ1) is 9.92. The number of benzene rings is 1. The Morgan fingerprint density at radius 2 is 2.07 bits per heavy atom. The number of anilines is 1. The molecule has 1 aromatic carbocycles. The van der Waals surface area contributed by atoms with Crippen LogP contribution in [-0.2, 0) is 0 Å². The van der Waals surface area contributed by atoms with Crippen LogP contribution >= 0.6 is 11.6 Å². The van der Waals surface area contributed by atoms with E-state index >= 15 is 0 Å². The van der Waals surface area contributed by atoms with Crippen LogP contribution in [0.1, 0.15) is 18.8 Å². The predicted octanol–water partition coefficient (Wildman–Crippen LogP) is 2.03. The Kier molecular flexibility index (Phi) is 2.82. The first-order chi connectivity index (χ1) is 7.25. The van der Waals surface area contributed by atoms with Crippen molar-refractivity contribution in [3.05, 3.63) is 35.1 Å². The molecule has 2 aromatic rings. The minimum absolute atomic E-state index is 0.00456. The van der Waals surface area contributed by atoms with Gasteiger partial charge in [-0.1, -0.05) is 16.8 Å². The van der Waals surface area contributed by atoms with Gasteiger partial charge in [-0.15, -0.1) is 10.2 Å². The van der Waals surface area contributed by atoms with Crippen LogP contribution in [0.2, 0.25) is 5.02 Å². The SMILES string of the molecule is CC(Nc1ccc(Cl)cc1)c1nn[nH]n1. The minimum Gasteiger partial charge on any atom is -0.375 e. The molecule has 1 atom stereocenters. The lowest BCUT2D eigenvalue weighted by Gasteiger charge is -2.10. The summed E-state index contributed by atoms with van der Waals surface area (Å²) in [5.41, 5.74) is 0.969. The zero-order valence-electron chi connectivity index (χ0n) is 8.11. The molecule has 0 saturated carbocycles. The summed E-state index contributed by atoms with van der Waals surface area (Å²) in [7, 11) is 0. The number of hydrogen-bond acceptors (Lipinski definition) is 4. The van der Waals surface area contributed by atoms with Crippen LogP contribution in [0.5, 0.6) is 0 Å². The number of nitrogens with one attached hydrogen (secondary N) is 2. The summed E-state index contributed by atoms with van der Waals surface area (Å²) in [6, 6.07) is 7.46. The van der Waals surface area contributed by atoms with E-state index in [-0.39, 0.29) is 6.04 Å². The van der Waals surface area contributed by atoms with E-state index in [1.165, 1.54) is 0 Å². The number of tetrazole rings is 1. The molecule has 1 unspecified atom stereocenters. The number of H-pyrrole nitrogens is 1. The van der Waals surface area contributed by atoms with Gasteiger partial charge in [-0.05, 0) is 31.2 Å². The fraction of sp³-hybridized carbons (Fsp3) is 0.222. The van der Waals surface area contributed by atoms with Gasteiger partial charge in [0.05, 0.1) is 6.04 Å². The van der Waals surface area contributed by atoms with Gasteiger partial charge < -0.3 is 5.32 Å². The standard InChI is InChI=1S/C9H10ClN5/c1-6(9-12-14-15-13-9)11-8-4-2-7(10)3-5-8/h2-6,11H,1H3,(H,12,13,14,15). The van der Waals surface area contributed by atoms with Gasteiger partial charge in [0.2, 0.25) is 0 Å². The largest absolute Gasteiger partial charge is 0.375 e. The van der Waals surface area contributed by atoms with Gasteiger partial charge in [-0.3, -0.25) is 0 Å². The Morgan fingerprint density at radius 3 is 2.67 bits per heavy atom. The number of hydrogen-bond donors (Lipinski definition) is 2. The Labute approximate surface area is 91.8 Å². The minimum atomic E-state index is 0.00456. The number of aromatic nitrogens is 4. The molecule has 2 N–H and O–H groups in total. The highest BCUT2D eigenvalue weighted by molar-refractivity contribution is 6.30. The lowest BCUT2D eigenvalue weighted by Crippen LogP contribution is -2.08. The highest BCUT2D eigenvalue weighted by Crippen LogP contribution is 2.17. The maximum Gasteiger partial charge on any atom is 0.196 e. The van der Waals surface area contributed by atoms with Crippen molar-refractivity contribution in [1.82, 2.24) is 20.6 Å². The normalized spacial score (nSPS) is 12.4. The molecular weight excluding hydrogens is 214 g/mol. The summed E-state index contributed by atoms with van der Waals surface area (Å²) in [4.78, 5) is 0. The van der Waals surface area contributed by atoms with Crippen molar-refractivity contribution in [2.75, 3.05) is 5.32 Å². The molecule has 0 spiro atoms. The highest BCUT2D eigenvalue weighted by Gasteiger charge is 2.09. The Morgan fingerprint density at radius 1 is 1.33 bits per heavy atom. The first-order valence-electron chi connectivity index (χ1n) is 4.51. The van der Waals surface area contributed by atoms with E-state index in [2.05, 4.69) is 25.9 Å². The van der Waals surface area contributed by atoms with Crippen LogP contribution in [0.3, 0.4) is 0 Å². The zero-order chi connectivity index (χ0) is 10.7. The second-order valence-corrected chi connectivity index (χ2v) is 3.58. The average Bonchev–Trinajstić information content (AvgIpc) is 2.74. The van der Waals surface area contributed by atoms with Gasteiger partial charge in [0.1, 0.15) is 0 Å². The predicted molar refractivity (Wildman–Crippen MR) is 57.7 cm³/mol. The van der Waals surface area contributed by atoms with Gasteiger partial charge >= 0.3 is 0 Å². The van der Waals surface area contributed by atoms with Gasteiger partial charge in [0.25, 0.3) is 0 Å². The third-order valence-electron chi connectivity index (χ3n) is 1.98. The zero-order valence-corrected chi connectivity index (χ0v) is 8.86. The molecule has 0 amide bonds. The highest BCUT2D eigenvalue weighted by atomic mass is 35.5. The smallest absolute Gasteiger partial charge is 0.196 e. The van der Waals surface area contributed by atoms with Crippen LogP contribution in [0.15, 0.2) is 24.3 Å². The third kappa shape index (κ3) is 2.44. The Bertz CT molecular complexity index is 411. The Hall–Kier alpha value is -1.62. The average molecular weight is 224 g/mol. The van der Waals surface area contributed by atoms with E-state index in [9.17, 15) is 0 Å². The fourth-order valence-corrected chi connectivity index (χ4v) is 1.34. The molecule has 1 aromatic heterocycles. The lowest BCUT2D eigenvalue weighted by molar-refractivity contribution is 0.793. The summed E-state index contributed by atoms with van der Waals surface area (Å²) < 4.78 is 0. The number of nitrogens with zero attached hydrogens (tertiary/aromatic N) is 3. The lowest BCUT2D eigenvalue weighted by atomic mass is 10.2. The maximum absolute atomic E-state index is 5.78. The van der Waals surface area contributed by atoms with E-state index in [4.69, 9.17) is 11.6 Å². The second kappa shape index (κ2) is 4.27. The van der Waals surface area contributed by atoms with E-state index < -0.39 is 0 Å². The summed E-state index contributed by atoms with van der Waals surface area (Å²) in [5, 5.41) is 17.6. The summed E-state index contributed by atoms with van der Waals surface area (Å²) in [6.07, 6.45) is 0. The molecule has 0 saturated heterocycles. The van der Waals surface area contributed by atoms with Crippen molar-refractivity contribution >= 4 is 17.3 Å². The van der Waals surface area contributed by atoms with Gasteiger partial charge in [-0.2, -0.15) is 5.21 Å². The van der Waals surface area contributed by atoms with Crippen molar-refractivity contribution in [3.63, 3.8) is 0 Å². The molecule has 0 aliphatic carbocycles. The van der Waals surface area contributed by atoms with Crippen LogP contribution in [-0.4, -0.2) is 20.6 Å². The number of aromatic amines is 1. The van der Waals surface area contributed by atoms with Crippen LogP contribution in [0.25, 0.3) is 0 Å². The molecule has 6 heteroatoms. The number of halogens is 1. The van der Waals surface area contributed by atoms with Crippen molar-refractivity contribution in [2.24, 2.45) is 0 Å². The summed E-state index contributed by atoms with van der Waals surface area (Å²) >= 11 is 5.78. The summed E-state index contributed by atoms with van der Waals surface area (Å²) in [6.45, 7) is 1.96. The molecule has 0 aliphatic heterocycles. The van der Waals surface area contributed by atoms with E-state index in [1.54, 1.807) is 0 Å². The molecular formula is C9H10ClN5. The first-order valence-corrected chi connectivity index (χ1v) is 4.89. The number of rotatable bonds is 3. The topological polar surface area (TPSA) is 66.5 Å². The molecule has 2 rings (SSSR count). The van der Waals surface area contributed by atoms with Gasteiger partial charge in [0.15, 0.2) is 5.82 Å². The molecule has 1 heterocycles. The fourth-order valence-electron chi connectivity index (χ4n) is 1.21. The van der Waals surface area contributed by atoms with Gasteiger partial charge in [-0.25, -0.2) is 0 Å². The van der Waals surface area contributed by atoms with Crippen LogP contribution in [0.4, 0.5) is 5.69 Å². The monoisotopic (exact) mass is 223 g/mol. The third-order valence-corrected chi connectivity index (χ3v) is 2.23. The van der Waals surface area contributed by atoms with Crippen molar-refractivity contribution in [1.29, 1.82) is 0 Å². The molecule has 0 aliphatic rings. The van der Waals surface area contributed by atoms with Crippen molar-refractivity contribution in [2.45, 2.75) is 13.0 Å². The second-order valence-electron chi connectivity index (χ2n) is 3.14. The van der Waals surface area contributed by atoms with E-state index in [0.717, 1.165) is 5.69 Å². The van der Waals surface area contributed by atoms with Crippen molar-refractivity contribution in [3.8, 4) is 0 Å². The molecule has 15 heavy (non-hydrogen) atoms. The van der Waals surface area contributed by atoms with Gasteiger partial charge in [0, 0.05) is 10.7 Å².